The van der Waals surface area contributed by atoms with E-state index in [1.54, 1.807) is 17.8 Å². The number of ether oxygens (including phenoxy) is 1. The molecule has 1 heterocycles. The Balaban J connectivity index is 1.04. The fourth-order valence-corrected chi connectivity index (χ4v) is 6.02. The van der Waals surface area contributed by atoms with Gasteiger partial charge in [0, 0.05) is 49.7 Å². The Kier molecular flexibility index (Phi) is 12.5. The highest BCUT2D eigenvalue weighted by Gasteiger charge is 2.10. The van der Waals surface area contributed by atoms with Crippen LogP contribution < -0.4 is 15.5 Å². The second-order valence-electron chi connectivity index (χ2n) is 12.6. The fraction of sp³-hybridized carbons (Fsp3) is 0.159. The molecule has 0 aliphatic carbocycles. The van der Waals surface area contributed by atoms with E-state index in [2.05, 4.69) is 69.8 Å². The normalized spacial score (nSPS) is 11.2. The second kappa shape index (κ2) is 18.2. The van der Waals surface area contributed by atoms with Gasteiger partial charge >= 0.3 is 0 Å². The van der Waals surface area contributed by atoms with E-state index in [-0.39, 0.29) is 12.3 Å². The van der Waals surface area contributed by atoms with Gasteiger partial charge in [0.25, 0.3) is 5.91 Å². The fourth-order valence-electron chi connectivity index (χ4n) is 6.02. The summed E-state index contributed by atoms with van der Waals surface area (Å²) in [5, 5.41) is 14.2. The molecule has 2 amide bonds. The minimum atomic E-state index is -0.568. The van der Waals surface area contributed by atoms with E-state index in [4.69, 9.17) is 9.94 Å². The maximum absolute atomic E-state index is 12.4. The van der Waals surface area contributed by atoms with E-state index in [0.717, 1.165) is 65.3 Å². The Morgan fingerprint density at radius 2 is 1.50 bits per heavy atom. The van der Waals surface area contributed by atoms with Crippen molar-refractivity contribution >= 4 is 28.7 Å². The quantitative estimate of drug-likeness (QED) is 0.0556. The zero-order valence-corrected chi connectivity index (χ0v) is 28.9. The first-order valence-corrected chi connectivity index (χ1v) is 17.4. The van der Waals surface area contributed by atoms with Gasteiger partial charge in [0.15, 0.2) is 0 Å². The molecule has 0 bridgehead atoms. The third-order valence-electron chi connectivity index (χ3n) is 8.86. The molecule has 0 aliphatic heterocycles. The number of carbonyl (C=O) groups is 2. The van der Waals surface area contributed by atoms with E-state index < -0.39 is 5.91 Å². The highest BCUT2D eigenvalue weighted by Crippen LogP contribution is 2.23. The summed E-state index contributed by atoms with van der Waals surface area (Å²) < 4.78 is 6.22. The van der Waals surface area contributed by atoms with Crippen LogP contribution in [0.4, 0.5) is 0 Å². The first-order valence-electron chi connectivity index (χ1n) is 17.4. The van der Waals surface area contributed by atoms with Gasteiger partial charge in [-0.25, -0.2) is 5.48 Å². The Morgan fingerprint density at radius 3 is 2.27 bits per heavy atom. The van der Waals surface area contributed by atoms with Crippen molar-refractivity contribution in [3.8, 4) is 16.9 Å². The molecule has 0 spiro atoms. The van der Waals surface area contributed by atoms with Crippen molar-refractivity contribution in [2.24, 2.45) is 0 Å². The molecule has 8 heteroatoms. The summed E-state index contributed by atoms with van der Waals surface area (Å²) in [6.07, 6.45) is 5.88. The lowest BCUT2D eigenvalue weighted by Crippen LogP contribution is -2.30. The van der Waals surface area contributed by atoms with Crippen LogP contribution in [-0.2, 0) is 35.5 Å². The minimum absolute atomic E-state index is 0.0601. The molecule has 0 fully saturated rings. The number of rotatable bonds is 16. The van der Waals surface area contributed by atoms with Crippen molar-refractivity contribution in [1.29, 1.82) is 0 Å². The molecular formula is C44H42N4O4. The van der Waals surface area contributed by atoms with Gasteiger partial charge in [0.05, 0.1) is 6.42 Å². The van der Waals surface area contributed by atoms with Crippen molar-refractivity contribution in [1.82, 2.24) is 20.7 Å². The average molecular weight is 691 g/mol. The summed E-state index contributed by atoms with van der Waals surface area (Å²) in [6.45, 7) is 3.35. The number of pyridine rings is 1. The van der Waals surface area contributed by atoms with Crippen molar-refractivity contribution in [2.75, 3.05) is 19.7 Å². The van der Waals surface area contributed by atoms with E-state index in [1.807, 2.05) is 78.9 Å². The molecule has 0 radical (unpaired) electrons. The molecule has 262 valence electrons. The van der Waals surface area contributed by atoms with Crippen LogP contribution in [0.3, 0.4) is 0 Å². The number of amides is 2. The Morgan fingerprint density at radius 1 is 0.750 bits per heavy atom. The van der Waals surface area contributed by atoms with Crippen LogP contribution in [-0.4, -0.2) is 46.6 Å². The maximum atomic E-state index is 12.4. The topological polar surface area (TPSA) is 104 Å². The maximum Gasteiger partial charge on any atom is 0.267 e. The number of hydrogen-bond donors (Lipinski definition) is 3. The van der Waals surface area contributed by atoms with E-state index in [1.165, 1.54) is 22.4 Å². The number of nitrogens with one attached hydrogen (secondary N) is 2. The van der Waals surface area contributed by atoms with Crippen LogP contribution in [0.1, 0.15) is 27.9 Å². The highest BCUT2D eigenvalue weighted by atomic mass is 16.5. The van der Waals surface area contributed by atoms with E-state index in [0.29, 0.717) is 13.2 Å². The summed E-state index contributed by atoms with van der Waals surface area (Å²) in [4.78, 5) is 30.7. The van der Waals surface area contributed by atoms with Gasteiger partial charge in [-0.2, -0.15) is 0 Å². The molecular weight excluding hydrogens is 649 g/mol. The van der Waals surface area contributed by atoms with Crippen molar-refractivity contribution in [3.05, 3.63) is 174 Å². The Labute approximate surface area is 304 Å². The lowest BCUT2D eigenvalue weighted by atomic mass is 10.0. The van der Waals surface area contributed by atoms with Crippen molar-refractivity contribution in [3.63, 3.8) is 0 Å². The van der Waals surface area contributed by atoms with Crippen LogP contribution in [0.5, 0.6) is 5.75 Å². The third-order valence-corrected chi connectivity index (χ3v) is 8.86. The molecule has 8 nitrogen and oxygen atoms in total. The molecule has 3 N–H and O–H groups in total. The predicted octanol–water partition coefficient (Wildman–Crippen LogP) is 7.40. The number of benzene rings is 5. The number of aromatic nitrogens is 1. The van der Waals surface area contributed by atoms with Crippen LogP contribution in [0.25, 0.3) is 28.0 Å². The molecule has 6 rings (SSSR count). The van der Waals surface area contributed by atoms with Gasteiger partial charge in [-0.05, 0) is 69.3 Å². The van der Waals surface area contributed by atoms with Gasteiger partial charge in [0.2, 0.25) is 5.91 Å². The first kappa shape index (κ1) is 35.7. The van der Waals surface area contributed by atoms with Crippen LogP contribution >= 0.6 is 0 Å². The van der Waals surface area contributed by atoms with Crippen molar-refractivity contribution < 1.29 is 19.5 Å². The monoisotopic (exact) mass is 690 g/mol. The lowest BCUT2D eigenvalue weighted by molar-refractivity contribution is -0.124. The number of hydroxylamine groups is 1. The molecule has 0 saturated heterocycles. The Bertz CT molecular complexity index is 2080. The first-order chi connectivity index (χ1) is 25.5. The molecule has 0 saturated carbocycles. The molecule has 0 unspecified atom stereocenters. The number of hydrogen-bond acceptors (Lipinski definition) is 6. The average Bonchev–Trinajstić information content (AvgIpc) is 3.19. The minimum Gasteiger partial charge on any atom is -0.492 e. The zero-order chi connectivity index (χ0) is 36.0. The summed E-state index contributed by atoms with van der Waals surface area (Å²) in [7, 11) is 0. The molecule has 52 heavy (non-hydrogen) atoms. The van der Waals surface area contributed by atoms with Crippen molar-refractivity contribution in [2.45, 2.75) is 25.9 Å². The van der Waals surface area contributed by atoms with E-state index in [9.17, 15) is 9.59 Å². The third kappa shape index (κ3) is 10.5. The summed E-state index contributed by atoms with van der Waals surface area (Å²) in [5.74, 6) is 0.164. The molecule has 0 aliphatic rings. The van der Waals surface area contributed by atoms with E-state index >= 15 is 0 Å². The summed E-state index contributed by atoms with van der Waals surface area (Å²) >= 11 is 0. The second-order valence-corrected chi connectivity index (χ2v) is 12.6. The van der Waals surface area contributed by atoms with Crippen LogP contribution in [0.15, 0.2) is 146 Å². The standard InChI is InChI=1S/C44H42N4O4/c49-43(47-51)24-17-33-13-15-35(16-14-33)32-48(26-25-38-11-6-10-37-9-4-5-12-42(37)38)27-28-52-41-22-19-36(20-23-41)39-18-21-40(45-31-39)29-44(50)46-30-34-7-2-1-3-8-34/h1-24,31,51H,25-30,32H2,(H,46,50)(H,47,49)/b24-17+. The van der Waals surface area contributed by atoms with Crippen LogP contribution in [0, 0.1) is 0 Å². The summed E-state index contributed by atoms with van der Waals surface area (Å²) in [5.41, 5.74) is 8.72. The number of carbonyl (C=O) groups excluding carboxylic acids is 2. The van der Waals surface area contributed by atoms with Gasteiger partial charge in [-0.15, -0.1) is 0 Å². The smallest absolute Gasteiger partial charge is 0.267 e. The molecule has 6 aromatic rings. The van der Waals surface area contributed by atoms with Gasteiger partial charge < -0.3 is 10.1 Å². The van der Waals surface area contributed by atoms with Gasteiger partial charge in [-0.3, -0.25) is 24.7 Å². The molecule has 5 aromatic carbocycles. The predicted molar refractivity (Wildman–Crippen MR) is 205 cm³/mol. The number of fused-ring (bicyclic) bond motifs is 1. The lowest BCUT2D eigenvalue weighted by Gasteiger charge is -2.23. The largest absolute Gasteiger partial charge is 0.492 e. The zero-order valence-electron chi connectivity index (χ0n) is 28.9. The van der Waals surface area contributed by atoms with Gasteiger partial charge in [-0.1, -0.05) is 115 Å². The Hall–Kier alpha value is -6.09. The molecule has 0 atom stereocenters. The molecule has 1 aromatic heterocycles. The van der Waals surface area contributed by atoms with Gasteiger partial charge in [0.1, 0.15) is 12.4 Å². The summed E-state index contributed by atoms with van der Waals surface area (Å²) in [6, 6.07) is 44.7. The highest BCUT2D eigenvalue weighted by molar-refractivity contribution is 5.90. The van der Waals surface area contributed by atoms with Crippen LogP contribution in [0.2, 0.25) is 0 Å². The number of nitrogens with zero attached hydrogens (tertiary/aromatic N) is 2. The SMILES string of the molecule is O=C(/C=C/c1ccc(CN(CCOc2ccc(-c3ccc(CC(=O)NCc4ccccc4)nc3)cc2)CCc2cccc3ccccc23)cc1)NO.